The van der Waals surface area contributed by atoms with E-state index in [2.05, 4.69) is 20.9 Å². The summed E-state index contributed by atoms with van der Waals surface area (Å²) in [4.78, 5) is 17.1. The Kier molecular flexibility index (Phi) is 4.01. The summed E-state index contributed by atoms with van der Waals surface area (Å²) in [6, 6.07) is 5.32. The second kappa shape index (κ2) is 5.33. The average molecular weight is 334 g/mol. The maximum atomic E-state index is 11.9. The molecule has 0 unspecified atom stereocenters. The van der Waals surface area contributed by atoms with Gasteiger partial charge in [-0.1, -0.05) is 18.5 Å². The molecule has 0 N–H and O–H groups in total. The fourth-order valence-electron chi connectivity index (χ4n) is 1.55. The van der Waals surface area contributed by atoms with Crippen molar-refractivity contribution in [3.8, 4) is 0 Å². The van der Waals surface area contributed by atoms with Crippen LogP contribution >= 0.6 is 38.9 Å². The van der Waals surface area contributed by atoms with Crippen molar-refractivity contribution in [1.29, 1.82) is 0 Å². The summed E-state index contributed by atoms with van der Waals surface area (Å²) >= 11 is 10.8. The topological polar surface area (TPSA) is 34.9 Å². The van der Waals surface area contributed by atoms with E-state index in [1.54, 1.807) is 15.9 Å². The Hall–Kier alpha value is -0.650. The molecule has 0 aliphatic heterocycles. The summed E-state index contributed by atoms with van der Waals surface area (Å²) in [5.41, 5.74) is -0.105. The van der Waals surface area contributed by atoms with Crippen molar-refractivity contribution in [1.82, 2.24) is 9.55 Å². The van der Waals surface area contributed by atoms with Crippen molar-refractivity contribution in [2.45, 2.75) is 19.9 Å². The second-order valence-corrected chi connectivity index (χ2v) is 6.41. The van der Waals surface area contributed by atoms with Crippen LogP contribution in [-0.2, 0) is 13.0 Å². The van der Waals surface area contributed by atoms with Crippen LogP contribution in [0.4, 0.5) is 0 Å². The molecule has 0 radical (unpaired) electrons. The number of aryl methyl sites for hydroxylation is 1. The summed E-state index contributed by atoms with van der Waals surface area (Å²) in [7, 11) is 0. The highest BCUT2D eigenvalue weighted by molar-refractivity contribution is 9.11. The van der Waals surface area contributed by atoms with Crippen LogP contribution in [0.15, 0.2) is 26.8 Å². The Morgan fingerprint density at radius 1 is 1.53 bits per heavy atom. The number of thiophene rings is 1. The number of hydrogen-bond acceptors (Lipinski definition) is 3. The van der Waals surface area contributed by atoms with Crippen LogP contribution in [0, 0.1) is 0 Å². The van der Waals surface area contributed by atoms with Gasteiger partial charge in [-0.3, -0.25) is 9.36 Å². The van der Waals surface area contributed by atoms with Gasteiger partial charge in [0.15, 0.2) is 0 Å². The van der Waals surface area contributed by atoms with Gasteiger partial charge in [-0.25, -0.2) is 4.98 Å². The molecular weight excluding hydrogens is 324 g/mol. The van der Waals surface area contributed by atoms with Crippen LogP contribution in [0.5, 0.6) is 0 Å². The minimum Gasteiger partial charge on any atom is -0.291 e. The molecule has 2 aromatic heterocycles. The largest absolute Gasteiger partial charge is 0.291 e. The lowest BCUT2D eigenvalue weighted by atomic mass is 10.4. The lowest BCUT2D eigenvalue weighted by Crippen LogP contribution is -2.24. The highest BCUT2D eigenvalue weighted by Crippen LogP contribution is 2.22. The Labute approximate surface area is 116 Å². The molecule has 6 heteroatoms. The highest BCUT2D eigenvalue weighted by atomic mass is 79.9. The van der Waals surface area contributed by atoms with Crippen LogP contribution in [-0.4, -0.2) is 9.55 Å². The minimum atomic E-state index is -0.105. The molecule has 0 saturated carbocycles. The maximum absolute atomic E-state index is 11.9. The normalized spacial score (nSPS) is 10.8. The number of rotatable bonds is 3. The molecule has 0 saturated heterocycles. The van der Waals surface area contributed by atoms with Crippen molar-refractivity contribution in [2.75, 3.05) is 0 Å². The molecule has 0 bridgehead atoms. The van der Waals surface area contributed by atoms with E-state index in [0.717, 1.165) is 8.66 Å². The molecule has 2 aromatic rings. The van der Waals surface area contributed by atoms with Crippen molar-refractivity contribution < 1.29 is 0 Å². The van der Waals surface area contributed by atoms with Crippen LogP contribution in [0.2, 0.25) is 5.15 Å². The fraction of sp³-hybridized carbons (Fsp3) is 0.273. The molecule has 2 rings (SSSR count). The predicted octanol–water partition coefficient (Wildman–Crippen LogP) is 3.33. The first kappa shape index (κ1) is 12.8. The maximum Gasteiger partial charge on any atom is 0.255 e. The number of halogens is 2. The van der Waals surface area contributed by atoms with E-state index >= 15 is 0 Å². The van der Waals surface area contributed by atoms with Gasteiger partial charge in [-0.05, 0) is 28.1 Å². The fourth-order valence-corrected chi connectivity index (χ4v) is 3.22. The first-order valence-electron chi connectivity index (χ1n) is 5.10. The van der Waals surface area contributed by atoms with Crippen LogP contribution < -0.4 is 5.56 Å². The number of nitrogens with zero attached hydrogens (tertiary/aromatic N) is 2. The number of hydrogen-bond donors (Lipinski definition) is 0. The lowest BCUT2D eigenvalue weighted by Gasteiger charge is -2.09. The van der Waals surface area contributed by atoms with Crippen molar-refractivity contribution in [2.24, 2.45) is 0 Å². The Balaban J connectivity index is 2.41. The van der Waals surface area contributed by atoms with Gasteiger partial charge in [0.05, 0.1) is 10.3 Å². The molecule has 0 amide bonds. The van der Waals surface area contributed by atoms with Crippen LogP contribution in [0.25, 0.3) is 0 Å². The highest BCUT2D eigenvalue weighted by Gasteiger charge is 2.08. The van der Waals surface area contributed by atoms with Crippen molar-refractivity contribution >= 4 is 38.9 Å². The molecule has 0 aliphatic rings. The first-order chi connectivity index (χ1) is 8.10. The Morgan fingerprint density at radius 2 is 2.29 bits per heavy atom. The Bertz CT molecular complexity index is 593. The monoisotopic (exact) mass is 332 g/mol. The van der Waals surface area contributed by atoms with Crippen LogP contribution in [0.3, 0.4) is 0 Å². The second-order valence-electron chi connectivity index (χ2n) is 3.48. The van der Waals surface area contributed by atoms with E-state index in [0.29, 0.717) is 18.8 Å². The lowest BCUT2D eigenvalue weighted by molar-refractivity contribution is 0.681. The summed E-state index contributed by atoms with van der Waals surface area (Å²) in [6.07, 6.45) is 0.683. The first-order valence-corrected chi connectivity index (χ1v) is 7.09. The average Bonchev–Trinajstić information content (AvgIpc) is 2.67. The van der Waals surface area contributed by atoms with Gasteiger partial charge in [0, 0.05) is 17.4 Å². The van der Waals surface area contributed by atoms with Gasteiger partial charge in [-0.2, -0.15) is 0 Å². The van der Waals surface area contributed by atoms with Gasteiger partial charge in [0.25, 0.3) is 5.56 Å². The van der Waals surface area contributed by atoms with Crippen LogP contribution in [0.1, 0.15) is 17.6 Å². The molecule has 3 nitrogen and oxygen atoms in total. The summed E-state index contributed by atoms with van der Waals surface area (Å²) in [6.45, 7) is 2.50. The van der Waals surface area contributed by atoms with E-state index in [9.17, 15) is 4.79 Å². The van der Waals surface area contributed by atoms with Gasteiger partial charge >= 0.3 is 0 Å². The smallest absolute Gasteiger partial charge is 0.255 e. The third-order valence-corrected chi connectivity index (χ3v) is 4.12. The molecule has 0 spiro atoms. The quantitative estimate of drug-likeness (QED) is 0.808. The SMILES string of the molecule is CCc1nc(Cl)cc(=O)n1Cc1ccc(Br)s1. The van der Waals surface area contributed by atoms with E-state index in [4.69, 9.17) is 11.6 Å². The van der Waals surface area contributed by atoms with E-state index < -0.39 is 0 Å². The molecule has 17 heavy (non-hydrogen) atoms. The molecule has 0 aromatic carbocycles. The number of aromatic nitrogens is 2. The minimum absolute atomic E-state index is 0.105. The summed E-state index contributed by atoms with van der Waals surface area (Å²) in [5.74, 6) is 0.715. The molecule has 0 atom stereocenters. The van der Waals surface area contributed by atoms with Gasteiger partial charge in [0.1, 0.15) is 11.0 Å². The Morgan fingerprint density at radius 3 is 2.88 bits per heavy atom. The molecule has 0 aliphatic carbocycles. The van der Waals surface area contributed by atoms with E-state index in [1.165, 1.54) is 6.07 Å². The summed E-state index contributed by atoms with van der Waals surface area (Å²) < 4.78 is 2.71. The molecule has 0 fully saturated rings. The third kappa shape index (κ3) is 2.97. The van der Waals surface area contributed by atoms with Gasteiger partial charge < -0.3 is 0 Å². The predicted molar refractivity (Wildman–Crippen MR) is 74.0 cm³/mol. The van der Waals surface area contributed by atoms with Crippen molar-refractivity contribution in [3.05, 3.63) is 48.2 Å². The van der Waals surface area contributed by atoms with Gasteiger partial charge in [0.2, 0.25) is 0 Å². The molecular formula is C11H10BrClN2OS. The zero-order chi connectivity index (χ0) is 12.4. The zero-order valence-electron chi connectivity index (χ0n) is 9.11. The van der Waals surface area contributed by atoms with Gasteiger partial charge in [-0.15, -0.1) is 11.3 Å². The zero-order valence-corrected chi connectivity index (χ0v) is 12.3. The summed E-state index contributed by atoms with van der Waals surface area (Å²) in [5, 5.41) is 0.260. The van der Waals surface area contributed by atoms with E-state index in [-0.39, 0.29) is 10.7 Å². The molecule has 2 heterocycles. The van der Waals surface area contributed by atoms with Crippen molar-refractivity contribution in [3.63, 3.8) is 0 Å². The third-order valence-electron chi connectivity index (χ3n) is 2.32. The molecule has 90 valence electrons. The van der Waals surface area contributed by atoms with E-state index in [1.807, 2.05) is 19.1 Å². The standard InChI is InChI=1S/C11H10BrClN2OS/c1-2-10-14-9(13)5-11(16)15(10)6-7-3-4-8(12)17-7/h3-5H,2,6H2,1H3.